The van der Waals surface area contributed by atoms with E-state index in [1.165, 1.54) is 0 Å². The Morgan fingerprint density at radius 1 is 1.20 bits per heavy atom. The fourth-order valence-corrected chi connectivity index (χ4v) is 4.24. The van der Waals surface area contributed by atoms with Crippen molar-refractivity contribution in [1.29, 1.82) is 0 Å². The van der Waals surface area contributed by atoms with Gasteiger partial charge >= 0.3 is 0 Å². The van der Waals surface area contributed by atoms with E-state index in [1.54, 1.807) is 28.6 Å². The first-order valence-corrected chi connectivity index (χ1v) is 9.95. The number of hydrogen-bond donors (Lipinski definition) is 2. The summed E-state index contributed by atoms with van der Waals surface area (Å²) in [6.07, 6.45) is 3.89. The lowest BCUT2D eigenvalue weighted by Gasteiger charge is -2.25. The van der Waals surface area contributed by atoms with Crippen molar-refractivity contribution in [2.75, 3.05) is 19.6 Å². The van der Waals surface area contributed by atoms with Gasteiger partial charge in [0.1, 0.15) is 0 Å². The molecule has 0 radical (unpaired) electrons. The average molecular weight is 390 g/mol. The standard InChI is InChI=1S/C17H27N3O3S.ClH/c1-14(18)9-10-19-17(21)13-15-5-7-16(8-6-15)24(22,23)20-11-3-2-4-12-20;/h5-8,14H,2-4,9-13,18H2,1H3,(H,19,21);1H. The molecule has 1 aliphatic rings. The lowest BCUT2D eigenvalue weighted by Crippen LogP contribution is -2.35. The van der Waals surface area contributed by atoms with Crippen molar-refractivity contribution < 1.29 is 13.2 Å². The highest BCUT2D eigenvalue weighted by Crippen LogP contribution is 2.20. The summed E-state index contributed by atoms with van der Waals surface area (Å²) in [6, 6.07) is 6.66. The van der Waals surface area contributed by atoms with E-state index in [0.717, 1.165) is 31.2 Å². The van der Waals surface area contributed by atoms with Crippen molar-refractivity contribution in [1.82, 2.24) is 9.62 Å². The van der Waals surface area contributed by atoms with Gasteiger partial charge in [0.2, 0.25) is 15.9 Å². The van der Waals surface area contributed by atoms with Crippen molar-refractivity contribution in [2.24, 2.45) is 5.73 Å². The molecule has 0 bridgehead atoms. The quantitative estimate of drug-likeness (QED) is 0.742. The highest BCUT2D eigenvalue weighted by atomic mass is 35.5. The summed E-state index contributed by atoms with van der Waals surface area (Å²) >= 11 is 0. The maximum atomic E-state index is 12.6. The molecular weight excluding hydrogens is 362 g/mol. The molecule has 1 atom stereocenters. The number of nitrogens with two attached hydrogens (primary N) is 1. The maximum absolute atomic E-state index is 12.6. The van der Waals surface area contributed by atoms with Gasteiger partial charge < -0.3 is 11.1 Å². The zero-order chi connectivity index (χ0) is 17.6. The summed E-state index contributed by atoms with van der Waals surface area (Å²) in [4.78, 5) is 12.1. The lowest BCUT2D eigenvalue weighted by atomic mass is 10.1. The molecule has 2 rings (SSSR count). The Balaban J connectivity index is 0.00000312. The van der Waals surface area contributed by atoms with E-state index in [4.69, 9.17) is 5.73 Å². The zero-order valence-corrected chi connectivity index (χ0v) is 16.2. The largest absolute Gasteiger partial charge is 0.356 e. The van der Waals surface area contributed by atoms with E-state index in [1.807, 2.05) is 6.92 Å². The Kier molecular flexibility index (Phi) is 8.85. The lowest BCUT2D eigenvalue weighted by molar-refractivity contribution is -0.120. The number of sulfonamides is 1. The zero-order valence-electron chi connectivity index (χ0n) is 14.6. The summed E-state index contributed by atoms with van der Waals surface area (Å²) in [6.45, 7) is 3.63. The number of nitrogens with one attached hydrogen (secondary N) is 1. The van der Waals surface area contributed by atoms with Crippen LogP contribution in [0.5, 0.6) is 0 Å². The van der Waals surface area contributed by atoms with E-state index in [-0.39, 0.29) is 30.8 Å². The van der Waals surface area contributed by atoms with Crippen molar-refractivity contribution in [3.8, 4) is 0 Å². The highest BCUT2D eigenvalue weighted by molar-refractivity contribution is 7.89. The Morgan fingerprint density at radius 3 is 2.36 bits per heavy atom. The van der Waals surface area contributed by atoms with Crippen LogP contribution in [0.2, 0.25) is 0 Å². The van der Waals surface area contributed by atoms with Gasteiger partial charge in [-0.1, -0.05) is 18.6 Å². The normalized spacial score (nSPS) is 16.7. The SMILES string of the molecule is CC(N)CCNC(=O)Cc1ccc(S(=O)(=O)N2CCCCC2)cc1.Cl. The third-order valence-corrected chi connectivity index (χ3v) is 6.08. The van der Waals surface area contributed by atoms with E-state index >= 15 is 0 Å². The first-order valence-electron chi connectivity index (χ1n) is 8.51. The molecule has 0 saturated carbocycles. The number of piperidine rings is 1. The Morgan fingerprint density at radius 2 is 1.80 bits per heavy atom. The maximum Gasteiger partial charge on any atom is 0.243 e. The minimum Gasteiger partial charge on any atom is -0.356 e. The van der Waals surface area contributed by atoms with Crippen molar-refractivity contribution >= 4 is 28.3 Å². The molecular formula is C17H28ClN3O3S. The van der Waals surface area contributed by atoms with E-state index in [2.05, 4.69) is 5.32 Å². The molecule has 1 aromatic carbocycles. The predicted molar refractivity (Wildman–Crippen MR) is 101 cm³/mol. The molecule has 25 heavy (non-hydrogen) atoms. The third-order valence-electron chi connectivity index (χ3n) is 4.16. The van der Waals surface area contributed by atoms with Crippen LogP contribution < -0.4 is 11.1 Å². The topological polar surface area (TPSA) is 92.5 Å². The second kappa shape index (κ2) is 10.1. The summed E-state index contributed by atoms with van der Waals surface area (Å²) < 4.78 is 26.7. The molecule has 6 nitrogen and oxygen atoms in total. The molecule has 142 valence electrons. The Hall–Kier alpha value is -1.15. The number of nitrogens with zero attached hydrogens (tertiary/aromatic N) is 1. The first-order chi connectivity index (χ1) is 11.4. The first kappa shape index (κ1) is 21.9. The average Bonchev–Trinajstić information content (AvgIpc) is 2.56. The molecule has 0 aliphatic carbocycles. The molecule has 8 heteroatoms. The summed E-state index contributed by atoms with van der Waals surface area (Å²) in [5, 5.41) is 2.81. The van der Waals surface area contributed by atoms with Gasteiger partial charge in [0.15, 0.2) is 0 Å². The van der Waals surface area contributed by atoms with Crippen LogP contribution in [-0.4, -0.2) is 44.3 Å². The molecule has 0 aromatic heterocycles. The van der Waals surface area contributed by atoms with Crippen LogP contribution in [0.15, 0.2) is 29.2 Å². The summed E-state index contributed by atoms with van der Waals surface area (Å²) in [7, 11) is -3.41. The molecule has 3 N–H and O–H groups in total. The molecule has 0 spiro atoms. The number of hydrogen-bond acceptors (Lipinski definition) is 4. The molecule has 1 amide bonds. The van der Waals surface area contributed by atoms with E-state index < -0.39 is 10.0 Å². The predicted octanol–water partition coefficient (Wildman–Crippen LogP) is 1.68. The van der Waals surface area contributed by atoms with Gasteiger partial charge in [-0.2, -0.15) is 4.31 Å². The van der Waals surface area contributed by atoms with Gasteiger partial charge in [-0.3, -0.25) is 4.79 Å². The highest BCUT2D eigenvalue weighted by Gasteiger charge is 2.25. The number of carbonyl (C=O) groups excluding carboxylic acids is 1. The number of benzene rings is 1. The molecule has 1 aliphatic heterocycles. The van der Waals surface area contributed by atoms with E-state index in [0.29, 0.717) is 24.5 Å². The smallest absolute Gasteiger partial charge is 0.243 e. The van der Waals surface area contributed by atoms with Gasteiger partial charge in [-0.15, -0.1) is 12.4 Å². The van der Waals surface area contributed by atoms with Crippen LogP contribution in [0.3, 0.4) is 0 Å². The van der Waals surface area contributed by atoms with Crippen LogP contribution >= 0.6 is 12.4 Å². The van der Waals surface area contributed by atoms with Crippen molar-refractivity contribution in [3.05, 3.63) is 29.8 Å². The number of rotatable bonds is 7. The molecule has 1 saturated heterocycles. The monoisotopic (exact) mass is 389 g/mol. The van der Waals surface area contributed by atoms with Gasteiger partial charge in [-0.25, -0.2) is 8.42 Å². The molecule has 1 aromatic rings. The second-order valence-corrected chi connectivity index (χ2v) is 8.34. The number of carbonyl (C=O) groups is 1. The number of amides is 1. The van der Waals surface area contributed by atoms with Crippen molar-refractivity contribution in [2.45, 2.75) is 50.0 Å². The van der Waals surface area contributed by atoms with Gasteiger partial charge in [-0.05, 0) is 43.9 Å². The Bertz CT molecular complexity index is 642. The molecule has 1 fully saturated rings. The van der Waals surface area contributed by atoms with Crippen LogP contribution in [0.1, 0.15) is 38.2 Å². The minimum absolute atomic E-state index is 0. The van der Waals surface area contributed by atoms with Crippen LogP contribution in [0.25, 0.3) is 0 Å². The summed E-state index contributed by atoms with van der Waals surface area (Å²) in [5.74, 6) is -0.0812. The fraction of sp³-hybridized carbons (Fsp3) is 0.588. The van der Waals surface area contributed by atoms with Crippen molar-refractivity contribution in [3.63, 3.8) is 0 Å². The Labute approximate surface area is 156 Å². The molecule has 1 unspecified atom stereocenters. The van der Waals surface area contributed by atoms with Gasteiger partial charge in [0.25, 0.3) is 0 Å². The second-order valence-electron chi connectivity index (χ2n) is 6.40. The molecule has 1 heterocycles. The minimum atomic E-state index is -3.41. The third kappa shape index (κ3) is 6.58. The van der Waals surface area contributed by atoms with E-state index in [9.17, 15) is 13.2 Å². The van der Waals surface area contributed by atoms with Crippen LogP contribution in [0.4, 0.5) is 0 Å². The van der Waals surface area contributed by atoms with Crippen LogP contribution in [0, 0.1) is 0 Å². The summed E-state index contributed by atoms with van der Waals surface area (Å²) in [5.41, 5.74) is 6.44. The number of halogens is 1. The van der Waals surface area contributed by atoms with Gasteiger partial charge in [0, 0.05) is 25.7 Å². The fourth-order valence-electron chi connectivity index (χ4n) is 2.72. The van der Waals surface area contributed by atoms with Gasteiger partial charge in [0.05, 0.1) is 11.3 Å². The van der Waals surface area contributed by atoms with Crippen LogP contribution in [-0.2, 0) is 21.2 Å².